The number of nitrogens with zero attached hydrogens (tertiary/aromatic N) is 6. The van der Waals surface area contributed by atoms with Crippen LogP contribution in [0.3, 0.4) is 0 Å². The Labute approximate surface area is 192 Å². The number of H-pyrrole nitrogens is 1. The molecule has 1 N–H and O–H groups in total. The molecule has 33 heavy (non-hydrogen) atoms. The number of likely N-dealkylation sites (N-methyl/N-ethyl adjacent to an activating group) is 1. The second-order valence-electron chi connectivity index (χ2n) is 8.96. The maximum Gasteiger partial charge on any atom is 0.253 e. The molecular formula is C25H29N7O. The van der Waals surface area contributed by atoms with Gasteiger partial charge in [-0.15, -0.1) is 5.10 Å². The van der Waals surface area contributed by atoms with Crippen molar-refractivity contribution >= 4 is 10.9 Å². The molecule has 1 aliphatic rings. The van der Waals surface area contributed by atoms with Gasteiger partial charge in [0.25, 0.3) is 5.56 Å². The lowest BCUT2D eigenvalue weighted by Crippen LogP contribution is -2.47. The van der Waals surface area contributed by atoms with Crippen molar-refractivity contribution in [2.75, 3.05) is 33.2 Å². The number of fused-ring (bicyclic) bond motifs is 1. The van der Waals surface area contributed by atoms with Gasteiger partial charge in [-0.1, -0.05) is 42.5 Å². The second-order valence-corrected chi connectivity index (χ2v) is 8.96. The summed E-state index contributed by atoms with van der Waals surface area (Å²) in [5, 5.41) is 13.8. The number of tetrazole rings is 1. The Morgan fingerprint density at radius 1 is 1.00 bits per heavy atom. The summed E-state index contributed by atoms with van der Waals surface area (Å²) in [6.45, 7) is 8.19. The van der Waals surface area contributed by atoms with Gasteiger partial charge in [0, 0.05) is 37.1 Å². The molecule has 0 saturated carbocycles. The van der Waals surface area contributed by atoms with E-state index in [1.165, 1.54) is 0 Å². The first kappa shape index (κ1) is 21.5. The summed E-state index contributed by atoms with van der Waals surface area (Å²) in [6.07, 6.45) is 0. The molecule has 0 spiro atoms. The van der Waals surface area contributed by atoms with Gasteiger partial charge in [0.2, 0.25) is 0 Å². The Hall–Kier alpha value is -3.36. The van der Waals surface area contributed by atoms with Crippen molar-refractivity contribution < 1.29 is 0 Å². The van der Waals surface area contributed by atoms with Crippen LogP contribution in [0.15, 0.2) is 53.3 Å². The van der Waals surface area contributed by atoms with Gasteiger partial charge >= 0.3 is 0 Å². The fourth-order valence-corrected chi connectivity index (χ4v) is 4.65. The number of aromatic amines is 1. The van der Waals surface area contributed by atoms with E-state index < -0.39 is 0 Å². The van der Waals surface area contributed by atoms with E-state index in [9.17, 15) is 4.79 Å². The lowest BCUT2D eigenvalue weighted by molar-refractivity contribution is 0.121. The van der Waals surface area contributed by atoms with Gasteiger partial charge in [0.05, 0.1) is 12.1 Å². The van der Waals surface area contributed by atoms with E-state index >= 15 is 0 Å². The van der Waals surface area contributed by atoms with Gasteiger partial charge in [0.1, 0.15) is 6.04 Å². The highest BCUT2D eigenvalue weighted by Crippen LogP contribution is 2.29. The average Bonchev–Trinajstić information content (AvgIpc) is 3.27. The van der Waals surface area contributed by atoms with Crippen molar-refractivity contribution in [2.45, 2.75) is 26.4 Å². The maximum absolute atomic E-state index is 13.4. The number of aromatic nitrogens is 5. The molecule has 5 rings (SSSR count). The summed E-state index contributed by atoms with van der Waals surface area (Å²) >= 11 is 0. The third-order valence-electron chi connectivity index (χ3n) is 6.65. The topological polar surface area (TPSA) is 82.9 Å². The van der Waals surface area contributed by atoms with Gasteiger partial charge in [-0.3, -0.25) is 9.69 Å². The molecule has 1 atom stereocenters. The van der Waals surface area contributed by atoms with Crippen LogP contribution in [0.5, 0.6) is 0 Å². The number of aryl methyl sites for hydroxylation is 2. The molecule has 0 bridgehead atoms. The maximum atomic E-state index is 13.4. The highest BCUT2D eigenvalue weighted by atomic mass is 16.1. The molecule has 2 aromatic heterocycles. The minimum Gasteiger partial charge on any atom is -0.321 e. The molecule has 1 saturated heterocycles. The van der Waals surface area contributed by atoms with Gasteiger partial charge in [-0.05, 0) is 54.1 Å². The third-order valence-corrected chi connectivity index (χ3v) is 6.65. The molecule has 3 heterocycles. The molecule has 1 fully saturated rings. The van der Waals surface area contributed by atoms with E-state index in [2.05, 4.69) is 62.5 Å². The van der Waals surface area contributed by atoms with Gasteiger partial charge in [-0.25, -0.2) is 4.68 Å². The third kappa shape index (κ3) is 4.19. The number of piperazine rings is 1. The number of nitrogens with one attached hydrogen (secondary N) is 1. The minimum atomic E-state index is -0.328. The molecule has 2 aromatic carbocycles. The van der Waals surface area contributed by atoms with Crippen molar-refractivity contribution in [1.29, 1.82) is 0 Å². The highest BCUT2D eigenvalue weighted by Gasteiger charge is 2.32. The highest BCUT2D eigenvalue weighted by molar-refractivity contribution is 5.85. The van der Waals surface area contributed by atoms with E-state index in [1.807, 2.05) is 41.9 Å². The first-order valence-electron chi connectivity index (χ1n) is 11.4. The summed E-state index contributed by atoms with van der Waals surface area (Å²) in [5.41, 5.74) is 4.80. The van der Waals surface area contributed by atoms with Crippen LogP contribution in [0, 0.1) is 13.8 Å². The fraction of sp³-hybridized carbons (Fsp3) is 0.360. The van der Waals surface area contributed by atoms with Crippen LogP contribution in [-0.2, 0) is 6.54 Å². The molecule has 0 radical (unpaired) electrons. The lowest BCUT2D eigenvalue weighted by Gasteiger charge is -2.37. The van der Waals surface area contributed by atoms with Crippen LogP contribution >= 0.6 is 0 Å². The van der Waals surface area contributed by atoms with Crippen LogP contribution in [-0.4, -0.2) is 68.2 Å². The van der Waals surface area contributed by atoms with Gasteiger partial charge in [-0.2, -0.15) is 0 Å². The van der Waals surface area contributed by atoms with E-state index in [0.29, 0.717) is 17.9 Å². The SMILES string of the molecule is Cc1ccc(C)c2[nH]c(=O)c(C(c3nnnn3Cc3ccccc3)N3CCN(C)CC3)cc12. The van der Waals surface area contributed by atoms with Gasteiger partial charge < -0.3 is 9.88 Å². The standard InChI is InChI=1S/C25H29N7O/c1-17-9-10-18(2)22-20(17)15-21(25(33)26-22)23(31-13-11-30(3)12-14-31)24-27-28-29-32(24)16-19-7-5-4-6-8-19/h4-10,15,23H,11-14,16H2,1-3H3,(H,26,33). The molecule has 1 unspecified atom stereocenters. The summed E-state index contributed by atoms with van der Waals surface area (Å²) in [5.74, 6) is 0.693. The Kier molecular flexibility index (Phi) is 5.78. The van der Waals surface area contributed by atoms with Crippen LogP contribution in [0.25, 0.3) is 10.9 Å². The van der Waals surface area contributed by atoms with Crippen LogP contribution in [0.1, 0.15) is 34.1 Å². The van der Waals surface area contributed by atoms with Crippen molar-refractivity contribution in [2.24, 2.45) is 0 Å². The molecule has 0 aliphatic carbocycles. The normalized spacial score (nSPS) is 16.3. The summed E-state index contributed by atoms with van der Waals surface area (Å²) in [6, 6.07) is 16.0. The fourth-order valence-electron chi connectivity index (χ4n) is 4.65. The molecule has 0 amide bonds. The van der Waals surface area contributed by atoms with Crippen molar-refractivity contribution in [3.05, 3.63) is 87.0 Å². The van der Waals surface area contributed by atoms with Crippen molar-refractivity contribution in [3.63, 3.8) is 0 Å². The molecule has 170 valence electrons. The Bertz CT molecular complexity index is 1320. The largest absolute Gasteiger partial charge is 0.321 e. The smallest absolute Gasteiger partial charge is 0.253 e. The molecule has 4 aromatic rings. The zero-order valence-electron chi connectivity index (χ0n) is 19.3. The monoisotopic (exact) mass is 443 g/mol. The molecule has 8 nitrogen and oxygen atoms in total. The predicted octanol–water partition coefficient (Wildman–Crippen LogP) is 2.52. The Morgan fingerprint density at radius 2 is 1.73 bits per heavy atom. The van der Waals surface area contributed by atoms with Crippen LogP contribution < -0.4 is 5.56 Å². The van der Waals surface area contributed by atoms with Crippen LogP contribution in [0.4, 0.5) is 0 Å². The molecule has 8 heteroatoms. The molecule has 1 aliphatic heterocycles. The quantitative estimate of drug-likeness (QED) is 0.510. The Morgan fingerprint density at radius 3 is 2.48 bits per heavy atom. The number of rotatable bonds is 5. The summed E-state index contributed by atoms with van der Waals surface area (Å²) in [7, 11) is 2.13. The zero-order valence-corrected chi connectivity index (χ0v) is 19.3. The minimum absolute atomic E-state index is 0.0885. The number of hydrogen-bond donors (Lipinski definition) is 1. The van der Waals surface area contributed by atoms with E-state index in [4.69, 9.17) is 0 Å². The van der Waals surface area contributed by atoms with E-state index in [0.717, 1.165) is 53.8 Å². The van der Waals surface area contributed by atoms with Crippen LogP contribution in [0.2, 0.25) is 0 Å². The lowest BCUT2D eigenvalue weighted by atomic mass is 9.99. The molecular weight excluding hydrogens is 414 g/mol. The van der Waals surface area contributed by atoms with Crippen molar-refractivity contribution in [1.82, 2.24) is 35.0 Å². The predicted molar refractivity (Wildman–Crippen MR) is 128 cm³/mol. The summed E-state index contributed by atoms with van der Waals surface area (Å²) in [4.78, 5) is 21.2. The first-order valence-corrected chi connectivity index (χ1v) is 11.4. The number of pyridine rings is 1. The summed E-state index contributed by atoms with van der Waals surface area (Å²) < 4.78 is 1.82. The van der Waals surface area contributed by atoms with Gasteiger partial charge in [0.15, 0.2) is 5.82 Å². The Balaban J connectivity index is 1.64. The second kappa shape index (κ2) is 8.88. The van der Waals surface area contributed by atoms with Crippen molar-refractivity contribution in [3.8, 4) is 0 Å². The zero-order chi connectivity index (χ0) is 22.9. The van der Waals surface area contributed by atoms with E-state index in [-0.39, 0.29) is 11.6 Å². The first-order chi connectivity index (χ1) is 16.0. The number of hydrogen-bond acceptors (Lipinski definition) is 6. The average molecular weight is 444 g/mol. The number of benzene rings is 2. The van der Waals surface area contributed by atoms with E-state index in [1.54, 1.807) is 0 Å².